The first-order valence-corrected chi connectivity index (χ1v) is 8.98. The Hall–Kier alpha value is -1.38. The molecule has 2 aliphatic rings. The number of carbonyl (C=O) groups excluding carboxylic acids is 1. The average Bonchev–Trinajstić information content (AvgIpc) is 3.12. The molecule has 1 amide bonds. The van der Waals surface area contributed by atoms with Crippen molar-refractivity contribution in [1.29, 1.82) is 0 Å². The number of nitrogens with one attached hydrogen (secondary N) is 1. The smallest absolute Gasteiger partial charge is 0.280 e. The van der Waals surface area contributed by atoms with E-state index in [2.05, 4.69) is 4.72 Å². The van der Waals surface area contributed by atoms with Gasteiger partial charge in [0.15, 0.2) is 0 Å². The predicted molar refractivity (Wildman–Crippen MR) is 80.1 cm³/mol. The highest BCUT2D eigenvalue weighted by molar-refractivity contribution is 7.87. The third kappa shape index (κ3) is 3.04. The zero-order valence-corrected chi connectivity index (χ0v) is 13.4. The van der Waals surface area contributed by atoms with Gasteiger partial charge < -0.3 is 9.32 Å². The fourth-order valence-electron chi connectivity index (χ4n) is 3.18. The maximum absolute atomic E-state index is 12.7. The second-order valence-electron chi connectivity index (χ2n) is 5.92. The molecule has 2 fully saturated rings. The first-order valence-electron chi connectivity index (χ1n) is 7.54. The van der Waals surface area contributed by atoms with E-state index in [0.717, 1.165) is 12.8 Å². The third-order valence-electron chi connectivity index (χ3n) is 4.33. The minimum Gasteiger partial charge on any atom is -0.468 e. The Morgan fingerprint density at radius 3 is 2.86 bits per heavy atom. The minimum atomic E-state index is -3.59. The van der Waals surface area contributed by atoms with Crippen LogP contribution in [0.2, 0.25) is 0 Å². The molecule has 3 heterocycles. The average molecular weight is 327 g/mol. The van der Waals surface area contributed by atoms with Crippen molar-refractivity contribution in [2.45, 2.75) is 37.8 Å². The Balaban J connectivity index is 1.71. The third-order valence-corrected chi connectivity index (χ3v) is 6.01. The number of rotatable bonds is 4. The van der Waals surface area contributed by atoms with Gasteiger partial charge >= 0.3 is 0 Å². The number of hydrogen-bond donors (Lipinski definition) is 1. The monoisotopic (exact) mass is 327 g/mol. The largest absolute Gasteiger partial charge is 0.468 e. The lowest BCUT2D eigenvalue weighted by Gasteiger charge is -2.32. The highest BCUT2D eigenvalue weighted by atomic mass is 32.2. The molecule has 0 spiro atoms. The number of hydrogen-bond acceptors (Lipinski definition) is 4. The lowest BCUT2D eigenvalue weighted by atomic mass is 10.1. The summed E-state index contributed by atoms with van der Waals surface area (Å²) in [5.74, 6) is 0.740. The van der Waals surface area contributed by atoms with Crippen molar-refractivity contribution < 1.29 is 17.6 Å². The molecule has 0 unspecified atom stereocenters. The van der Waals surface area contributed by atoms with Crippen molar-refractivity contribution in [3.8, 4) is 0 Å². The van der Waals surface area contributed by atoms with E-state index >= 15 is 0 Å². The van der Waals surface area contributed by atoms with Crippen LogP contribution in [0, 0.1) is 0 Å². The molecular formula is C14H21N3O4S. The molecule has 0 bridgehead atoms. The molecule has 0 aromatic carbocycles. The lowest BCUT2D eigenvalue weighted by Crippen LogP contribution is -2.52. The van der Waals surface area contributed by atoms with Crippen molar-refractivity contribution in [2.75, 3.05) is 20.1 Å². The van der Waals surface area contributed by atoms with Crippen molar-refractivity contribution in [2.24, 2.45) is 0 Å². The fraction of sp³-hybridized carbons (Fsp3) is 0.643. The van der Waals surface area contributed by atoms with E-state index in [4.69, 9.17) is 4.42 Å². The van der Waals surface area contributed by atoms with E-state index in [0.29, 0.717) is 31.7 Å². The Bertz CT molecular complexity index is 629. The zero-order valence-electron chi connectivity index (χ0n) is 12.6. The Labute approximate surface area is 130 Å². The molecule has 0 radical (unpaired) electrons. The molecule has 8 heteroatoms. The molecular weight excluding hydrogens is 306 g/mol. The van der Waals surface area contributed by atoms with Gasteiger partial charge in [-0.2, -0.15) is 17.4 Å². The number of likely N-dealkylation sites (N-methyl/N-ethyl adjacent to an activating group) is 1. The SMILES string of the molecule is CN1C[C@H](NS(=O)(=O)N2CCC[C@H]2c2ccco2)CCC1=O. The van der Waals surface area contributed by atoms with Crippen LogP contribution in [0.4, 0.5) is 0 Å². The molecule has 22 heavy (non-hydrogen) atoms. The van der Waals surface area contributed by atoms with Gasteiger partial charge in [-0.1, -0.05) is 0 Å². The van der Waals surface area contributed by atoms with Gasteiger partial charge in [-0.3, -0.25) is 4.79 Å². The summed E-state index contributed by atoms with van der Waals surface area (Å²) in [6.07, 6.45) is 4.06. The van der Waals surface area contributed by atoms with Gasteiger partial charge in [0.25, 0.3) is 10.2 Å². The quantitative estimate of drug-likeness (QED) is 0.889. The van der Waals surface area contributed by atoms with Gasteiger partial charge in [0.05, 0.1) is 12.3 Å². The normalized spacial score (nSPS) is 27.5. The Kier molecular flexibility index (Phi) is 4.24. The maximum Gasteiger partial charge on any atom is 0.280 e. The number of furan rings is 1. The second-order valence-corrected chi connectivity index (χ2v) is 7.57. The number of amides is 1. The van der Waals surface area contributed by atoms with Crippen LogP contribution in [-0.4, -0.2) is 49.7 Å². The molecule has 1 aromatic rings. The summed E-state index contributed by atoms with van der Waals surface area (Å²) in [6, 6.07) is 3.11. The predicted octanol–water partition coefficient (Wildman–Crippen LogP) is 0.872. The highest BCUT2D eigenvalue weighted by Crippen LogP contribution is 2.34. The summed E-state index contributed by atoms with van der Waals surface area (Å²) in [5.41, 5.74) is 0. The van der Waals surface area contributed by atoms with E-state index in [1.54, 1.807) is 24.3 Å². The van der Waals surface area contributed by atoms with Crippen LogP contribution in [0.25, 0.3) is 0 Å². The van der Waals surface area contributed by atoms with E-state index in [1.807, 2.05) is 6.07 Å². The van der Waals surface area contributed by atoms with Gasteiger partial charge in [-0.05, 0) is 31.4 Å². The van der Waals surface area contributed by atoms with Crippen LogP contribution < -0.4 is 4.72 Å². The first-order chi connectivity index (χ1) is 10.5. The minimum absolute atomic E-state index is 0.0603. The molecule has 0 saturated carbocycles. The van der Waals surface area contributed by atoms with Crippen LogP contribution >= 0.6 is 0 Å². The summed E-state index contributed by atoms with van der Waals surface area (Å²) in [4.78, 5) is 13.1. The molecule has 1 N–H and O–H groups in total. The van der Waals surface area contributed by atoms with Crippen LogP contribution in [0.1, 0.15) is 37.5 Å². The number of nitrogens with zero attached hydrogens (tertiary/aromatic N) is 2. The van der Waals surface area contributed by atoms with Crippen molar-refractivity contribution >= 4 is 16.1 Å². The van der Waals surface area contributed by atoms with E-state index in [-0.39, 0.29) is 18.0 Å². The lowest BCUT2D eigenvalue weighted by molar-refractivity contribution is -0.132. The Morgan fingerprint density at radius 1 is 1.36 bits per heavy atom. The number of carbonyl (C=O) groups is 1. The summed E-state index contributed by atoms with van der Waals surface area (Å²) in [6.45, 7) is 0.902. The molecule has 3 rings (SSSR count). The topological polar surface area (TPSA) is 82.9 Å². The number of piperidine rings is 1. The molecule has 0 aliphatic carbocycles. The van der Waals surface area contributed by atoms with E-state index in [9.17, 15) is 13.2 Å². The number of likely N-dealkylation sites (tertiary alicyclic amines) is 1. The second kappa shape index (κ2) is 6.02. The van der Waals surface area contributed by atoms with Gasteiger partial charge in [0.1, 0.15) is 5.76 Å². The molecule has 122 valence electrons. The van der Waals surface area contributed by atoms with E-state index < -0.39 is 10.2 Å². The van der Waals surface area contributed by atoms with Gasteiger partial charge in [-0.25, -0.2) is 0 Å². The summed E-state index contributed by atoms with van der Waals surface area (Å²) < 4.78 is 34.9. The van der Waals surface area contributed by atoms with Crippen LogP contribution in [0.3, 0.4) is 0 Å². The van der Waals surface area contributed by atoms with Gasteiger partial charge in [-0.15, -0.1) is 0 Å². The van der Waals surface area contributed by atoms with E-state index in [1.165, 1.54) is 4.31 Å². The van der Waals surface area contributed by atoms with Gasteiger partial charge in [0.2, 0.25) is 5.91 Å². The van der Waals surface area contributed by atoms with Crippen molar-refractivity contribution in [1.82, 2.24) is 13.9 Å². The van der Waals surface area contributed by atoms with Crippen molar-refractivity contribution in [3.05, 3.63) is 24.2 Å². The first kappa shape index (κ1) is 15.5. The Morgan fingerprint density at radius 2 is 2.18 bits per heavy atom. The summed E-state index contributed by atoms with van der Waals surface area (Å²) in [5, 5.41) is 0. The van der Waals surface area contributed by atoms with Crippen LogP contribution in [0.15, 0.2) is 22.8 Å². The summed E-state index contributed by atoms with van der Waals surface area (Å²) >= 11 is 0. The van der Waals surface area contributed by atoms with Gasteiger partial charge in [0, 0.05) is 32.6 Å². The highest BCUT2D eigenvalue weighted by Gasteiger charge is 2.38. The molecule has 1 aromatic heterocycles. The molecule has 2 saturated heterocycles. The standard InChI is InChI=1S/C14H21N3O4S/c1-16-10-11(6-7-14(16)18)15-22(19,20)17-8-2-4-12(17)13-5-3-9-21-13/h3,5,9,11-12,15H,2,4,6-8,10H2,1H3/t11-,12+/m1/s1. The zero-order chi connectivity index (χ0) is 15.7. The van der Waals surface area contributed by atoms with Crippen LogP contribution in [0.5, 0.6) is 0 Å². The molecule has 2 aliphatic heterocycles. The van der Waals surface area contributed by atoms with Crippen LogP contribution in [-0.2, 0) is 15.0 Å². The fourth-order valence-corrected chi connectivity index (χ4v) is 4.84. The maximum atomic E-state index is 12.7. The summed E-state index contributed by atoms with van der Waals surface area (Å²) in [7, 11) is -1.89. The van der Waals surface area contributed by atoms with Crippen molar-refractivity contribution in [3.63, 3.8) is 0 Å². The molecule has 2 atom stereocenters. The molecule has 7 nitrogen and oxygen atoms in total.